The van der Waals surface area contributed by atoms with Gasteiger partial charge in [-0.25, -0.2) is 4.79 Å². The number of aromatic carboxylic acids is 1. The van der Waals surface area contributed by atoms with Crippen LogP contribution in [-0.2, 0) is 0 Å². The number of carbonyl (C=O) groups is 2. The molecule has 16 heavy (non-hydrogen) atoms. The molecule has 0 radical (unpaired) electrons. The molecule has 1 aromatic carbocycles. The van der Waals surface area contributed by atoms with Crippen LogP contribution in [0, 0.1) is 0 Å². The summed E-state index contributed by atoms with van der Waals surface area (Å²) >= 11 is 6.79. The third-order valence-corrected chi connectivity index (χ3v) is 3.04. The van der Waals surface area contributed by atoms with E-state index in [2.05, 4.69) is 0 Å². The lowest BCUT2D eigenvalue weighted by Crippen LogP contribution is -2.04. The van der Waals surface area contributed by atoms with Crippen LogP contribution in [0.4, 0.5) is 0 Å². The van der Waals surface area contributed by atoms with Crippen LogP contribution in [0.1, 0.15) is 27.1 Å². The van der Waals surface area contributed by atoms with Crippen LogP contribution >= 0.6 is 23.4 Å². The third kappa shape index (κ3) is 3.00. The molecule has 5 heteroatoms. The van der Waals surface area contributed by atoms with Crippen LogP contribution in [0.25, 0.3) is 0 Å². The molecule has 1 rings (SSSR count). The topological polar surface area (TPSA) is 54.4 Å². The minimum Gasteiger partial charge on any atom is -0.478 e. The Bertz CT molecular complexity index is 418. The van der Waals surface area contributed by atoms with Crippen LogP contribution in [0.15, 0.2) is 23.1 Å². The van der Waals surface area contributed by atoms with Crippen molar-refractivity contribution in [3.63, 3.8) is 0 Å². The van der Waals surface area contributed by atoms with Crippen molar-refractivity contribution < 1.29 is 14.7 Å². The van der Waals surface area contributed by atoms with Crippen LogP contribution in [0.3, 0.4) is 0 Å². The third-order valence-electron chi connectivity index (χ3n) is 2.08. The highest BCUT2D eigenvalue weighted by Gasteiger charge is 2.12. The number of halogens is 1. The monoisotopic (exact) mass is 258 g/mol. The molecule has 86 valence electrons. The van der Waals surface area contributed by atoms with Crippen molar-refractivity contribution in [1.29, 1.82) is 0 Å². The van der Waals surface area contributed by atoms with Crippen LogP contribution in [0.5, 0.6) is 0 Å². The van der Waals surface area contributed by atoms with Gasteiger partial charge in [-0.3, -0.25) is 4.79 Å². The minimum atomic E-state index is -0.985. The molecule has 0 atom stereocenters. The Balaban J connectivity index is 3.08. The number of carboxylic acids is 1. The van der Waals surface area contributed by atoms with Gasteiger partial charge in [0.1, 0.15) is 0 Å². The SMILES string of the molecule is CSc1cc(C(=O)CCCl)ccc1C(=O)O. The number of carboxylic acid groups (broad SMARTS) is 1. The van der Waals surface area contributed by atoms with Gasteiger partial charge in [0.25, 0.3) is 0 Å². The Morgan fingerprint density at radius 1 is 1.44 bits per heavy atom. The van der Waals surface area contributed by atoms with Crippen molar-refractivity contribution in [2.75, 3.05) is 12.1 Å². The van der Waals surface area contributed by atoms with E-state index in [4.69, 9.17) is 16.7 Å². The zero-order valence-corrected chi connectivity index (χ0v) is 10.3. The van der Waals surface area contributed by atoms with E-state index in [0.717, 1.165) is 0 Å². The van der Waals surface area contributed by atoms with Crippen molar-refractivity contribution in [2.45, 2.75) is 11.3 Å². The standard InChI is InChI=1S/C11H11ClO3S/c1-16-10-6-7(9(13)4-5-12)2-3-8(10)11(14)15/h2-3,6H,4-5H2,1H3,(H,14,15). The lowest BCUT2D eigenvalue weighted by Gasteiger charge is -2.05. The van der Waals surface area contributed by atoms with Crippen LogP contribution in [0.2, 0.25) is 0 Å². The summed E-state index contributed by atoms with van der Waals surface area (Å²) in [5.41, 5.74) is 0.727. The van der Waals surface area contributed by atoms with Gasteiger partial charge in [0, 0.05) is 22.8 Å². The molecule has 0 aliphatic heterocycles. The van der Waals surface area contributed by atoms with Crippen molar-refractivity contribution >= 4 is 35.1 Å². The van der Waals surface area contributed by atoms with E-state index < -0.39 is 5.97 Å². The summed E-state index contributed by atoms with van der Waals surface area (Å²) in [5, 5.41) is 8.91. The molecule has 3 nitrogen and oxygen atoms in total. The second-order valence-electron chi connectivity index (χ2n) is 3.08. The first kappa shape index (κ1) is 13.1. The molecule has 1 N–H and O–H groups in total. The number of carbonyl (C=O) groups excluding carboxylic acids is 1. The van der Waals surface area contributed by atoms with Crippen molar-refractivity contribution in [1.82, 2.24) is 0 Å². The Morgan fingerprint density at radius 2 is 2.12 bits per heavy atom. The molecule has 0 heterocycles. The van der Waals surface area contributed by atoms with E-state index in [-0.39, 0.29) is 23.6 Å². The maximum atomic E-state index is 11.6. The van der Waals surface area contributed by atoms with Crippen molar-refractivity contribution in [2.24, 2.45) is 0 Å². The molecule has 0 aliphatic carbocycles. The summed E-state index contributed by atoms with van der Waals surface area (Å²) in [7, 11) is 0. The molecule has 0 amide bonds. The molecule has 1 aromatic rings. The first-order chi connectivity index (χ1) is 7.60. The maximum Gasteiger partial charge on any atom is 0.336 e. The predicted molar refractivity (Wildman–Crippen MR) is 64.8 cm³/mol. The average molecular weight is 259 g/mol. The zero-order valence-electron chi connectivity index (χ0n) is 8.70. The Labute approximate surface area is 103 Å². The van der Waals surface area contributed by atoms with Gasteiger partial charge in [-0.15, -0.1) is 23.4 Å². The number of Topliss-reactive ketones (excluding diaryl/α,β-unsaturated/α-hetero) is 1. The second-order valence-corrected chi connectivity index (χ2v) is 4.31. The number of hydrogen-bond donors (Lipinski definition) is 1. The summed E-state index contributed by atoms with van der Waals surface area (Å²) < 4.78 is 0. The van der Waals surface area contributed by atoms with Gasteiger partial charge >= 0.3 is 5.97 Å². The minimum absolute atomic E-state index is 0.0674. The van der Waals surface area contributed by atoms with Crippen LogP contribution in [-0.4, -0.2) is 29.0 Å². The van der Waals surface area contributed by atoms with E-state index in [1.54, 1.807) is 12.3 Å². The smallest absolute Gasteiger partial charge is 0.336 e. The van der Waals surface area contributed by atoms with Crippen LogP contribution < -0.4 is 0 Å². The Hall–Kier alpha value is -1.00. The maximum absolute atomic E-state index is 11.6. The first-order valence-corrected chi connectivity index (χ1v) is 6.36. The molecular weight excluding hydrogens is 248 g/mol. The van der Waals surface area contributed by atoms with E-state index in [1.165, 1.54) is 23.9 Å². The quantitative estimate of drug-likeness (QED) is 0.501. The van der Waals surface area contributed by atoms with E-state index in [1.807, 2.05) is 0 Å². The van der Waals surface area contributed by atoms with Crippen molar-refractivity contribution in [3.8, 4) is 0 Å². The Morgan fingerprint density at radius 3 is 2.62 bits per heavy atom. The summed E-state index contributed by atoms with van der Waals surface area (Å²) in [6.45, 7) is 0. The van der Waals surface area contributed by atoms with Gasteiger partial charge in [0.2, 0.25) is 0 Å². The highest BCUT2D eigenvalue weighted by atomic mass is 35.5. The van der Waals surface area contributed by atoms with Crippen molar-refractivity contribution in [3.05, 3.63) is 29.3 Å². The Kier molecular flexibility index (Phi) is 4.83. The predicted octanol–water partition coefficient (Wildman–Crippen LogP) is 2.92. The number of alkyl halides is 1. The number of thioether (sulfide) groups is 1. The molecule has 0 aliphatic rings. The number of ketones is 1. The molecule has 0 bridgehead atoms. The molecule has 0 spiro atoms. The van der Waals surface area contributed by atoms with E-state index >= 15 is 0 Å². The highest BCUT2D eigenvalue weighted by Crippen LogP contribution is 2.22. The molecule has 0 aromatic heterocycles. The van der Waals surface area contributed by atoms with Gasteiger partial charge in [-0.1, -0.05) is 6.07 Å². The van der Waals surface area contributed by atoms with Gasteiger partial charge in [0.15, 0.2) is 5.78 Å². The fourth-order valence-electron chi connectivity index (χ4n) is 1.27. The largest absolute Gasteiger partial charge is 0.478 e. The summed E-state index contributed by atoms with van der Waals surface area (Å²) in [4.78, 5) is 23.0. The van der Waals surface area contributed by atoms with Gasteiger partial charge in [-0.05, 0) is 18.4 Å². The molecule has 0 saturated carbocycles. The number of benzene rings is 1. The summed E-state index contributed by atoms with van der Waals surface area (Å²) in [5.74, 6) is -0.781. The summed E-state index contributed by atoms with van der Waals surface area (Å²) in [6.07, 6.45) is 2.04. The molecule has 0 unspecified atom stereocenters. The molecular formula is C11H11ClO3S. The highest BCUT2D eigenvalue weighted by molar-refractivity contribution is 7.98. The van der Waals surface area contributed by atoms with Gasteiger partial charge < -0.3 is 5.11 Å². The fraction of sp³-hybridized carbons (Fsp3) is 0.273. The first-order valence-electron chi connectivity index (χ1n) is 4.60. The fourth-order valence-corrected chi connectivity index (χ4v) is 2.06. The number of rotatable bonds is 5. The lowest BCUT2D eigenvalue weighted by molar-refractivity contribution is 0.0692. The molecule has 0 saturated heterocycles. The normalized spacial score (nSPS) is 10.1. The summed E-state index contributed by atoms with van der Waals surface area (Å²) in [6, 6.07) is 4.58. The van der Waals surface area contributed by atoms with Gasteiger partial charge in [-0.2, -0.15) is 0 Å². The van der Waals surface area contributed by atoms with E-state index in [9.17, 15) is 9.59 Å². The number of hydrogen-bond acceptors (Lipinski definition) is 3. The second kappa shape index (κ2) is 5.92. The molecule has 0 fully saturated rings. The zero-order chi connectivity index (χ0) is 12.1. The van der Waals surface area contributed by atoms with E-state index in [0.29, 0.717) is 10.5 Å². The average Bonchev–Trinajstić information content (AvgIpc) is 2.28. The van der Waals surface area contributed by atoms with Gasteiger partial charge in [0.05, 0.1) is 5.56 Å². The lowest BCUT2D eigenvalue weighted by atomic mass is 10.1.